The first kappa shape index (κ1) is 23.9. The third kappa shape index (κ3) is 5.13. The zero-order valence-corrected chi connectivity index (χ0v) is 19.7. The Kier molecular flexibility index (Phi) is 7.00. The van der Waals surface area contributed by atoms with Gasteiger partial charge in [-0.1, -0.05) is 23.7 Å². The molecule has 1 saturated heterocycles. The van der Waals surface area contributed by atoms with Crippen molar-refractivity contribution < 1.29 is 23.5 Å². The molecule has 2 aliphatic heterocycles. The minimum atomic E-state index is -0.497. The second-order valence-electron chi connectivity index (χ2n) is 8.55. The lowest BCUT2D eigenvalue weighted by molar-refractivity contribution is -0.139. The molecule has 2 heterocycles. The van der Waals surface area contributed by atoms with Crippen LogP contribution in [0.1, 0.15) is 19.4 Å². The Bertz CT molecular complexity index is 1120. The lowest BCUT2D eigenvalue weighted by Gasteiger charge is -2.44. The van der Waals surface area contributed by atoms with Gasteiger partial charge in [-0.2, -0.15) is 0 Å². The van der Waals surface area contributed by atoms with Gasteiger partial charge in [-0.05, 0) is 49.7 Å². The van der Waals surface area contributed by atoms with Crippen LogP contribution in [0.25, 0.3) is 0 Å². The molecule has 0 aromatic heterocycles. The number of piperazine rings is 1. The van der Waals surface area contributed by atoms with E-state index in [9.17, 15) is 18.8 Å². The highest BCUT2D eigenvalue weighted by molar-refractivity contribution is 6.32. The number of imide groups is 1. The number of nitrogens with zero attached hydrogens (tertiary/aromatic N) is 3. The molecule has 2 unspecified atom stereocenters. The molecule has 0 N–H and O–H groups in total. The highest BCUT2D eigenvalue weighted by Crippen LogP contribution is 2.33. The first-order valence-electron chi connectivity index (χ1n) is 11.0. The van der Waals surface area contributed by atoms with Crippen molar-refractivity contribution in [2.45, 2.75) is 32.5 Å². The summed E-state index contributed by atoms with van der Waals surface area (Å²) in [6, 6.07) is 11.1. The van der Waals surface area contributed by atoms with Gasteiger partial charge in [0, 0.05) is 48.9 Å². The lowest BCUT2D eigenvalue weighted by atomic mass is 10.1. The average Bonchev–Trinajstić information content (AvgIpc) is 3.14. The summed E-state index contributed by atoms with van der Waals surface area (Å²) >= 11 is 6.07. The molecule has 9 heteroatoms. The predicted molar refractivity (Wildman–Crippen MR) is 126 cm³/mol. The number of hydrogen-bond acceptors (Lipinski definition) is 5. The molecule has 0 bridgehead atoms. The molecule has 2 aromatic carbocycles. The van der Waals surface area contributed by atoms with E-state index in [2.05, 4.69) is 4.90 Å². The molecule has 0 saturated carbocycles. The van der Waals surface area contributed by atoms with Crippen molar-refractivity contribution in [3.63, 3.8) is 0 Å². The van der Waals surface area contributed by atoms with Crippen LogP contribution in [-0.4, -0.2) is 59.3 Å². The molecule has 2 aliphatic rings. The fourth-order valence-electron chi connectivity index (χ4n) is 4.24. The Morgan fingerprint density at radius 2 is 1.71 bits per heavy atom. The Hall–Kier alpha value is -3.23. The minimum Gasteiger partial charge on any atom is -0.482 e. The third-order valence-corrected chi connectivity index (χ3v) is 6.29. The molecule has 2 atom stereocenters. The summed E-state index contributed by atoms with van der Waals surface area (Å²) in [5.74, 6) is -1.23. The topological polar surface area (TPSA) is 70.2 Å². The van der Waals surface area contributed by atoms with Gasteiger partial charge in [0.15, 0.2) is 6.61 Å². The molecule has 4 rings (SSSR count). The lowest BCUT2D eigenvalue weighted by Crippen LogP contribution is -2.58. The van der Waals surface area contributed by atoms with Gasteiger partial charge in [-0.15, -0.1) is 0 Å². The number of halogens is 2. The van der Waals surface area contributed by atoms with E-state index in [4.69, 9.17) is 16.3 Å². The van der Waals surface area contributed by atoms with E-state index in [1.54, 1.807) is 23.1 Å². The molecule has 3 amide bonds. The van der Waals surface area contributed by atoms with Crippen LogP contribution in [0.3, 0.4) is 0 Å². The summed E-state index contributed by atoms with van der Waals surface area (Å²) in [5, 5.41) is 0.334. The van der Waals surface area contributed by atoms with E-state index in [1.165, 1.54) is 36.4 Å². The van der Waals surface area contributed by atoms with Crippen LogP contribution in [0.5, 0.6) is 5.75 Å². The second-order valence-corrected chi connectivity index (χ2v) is 8.98. The smallest absolute Gasteiger partial charge is 0.260 e. The van der Waals surface area contributed by atoms with E-state index in [-0.39, 0.29) is 41.9 Å². The van der Waals surface area contributed by atoms with Crippen molar-refractivity contribution >= 4 is 35.0 Å². The maximum absolute atomic E-state index is 13.2. The summed E-state index contributed by atoms with van der Waals surface area (Å²) in [6.45, 7) is 5.63. The van der Waals surface area contributed by atoms with E-state index < -0.39 is 11.8 Å². The van der Waals surface area contributed by atoms with Gasteiger partial charge in [0.05, 0.1) is 5.69 Å². The first-order valence-corrected chi connectivity index (χ1v) is 11.4. The number of anilines is 1. The van der Waals surface area contributed by atoms with Crippen molar-refractivity contribution in [1.29, 1.82) is 0 Å². The van der Waals surface area contributed by atoms with Crippen LogP contribution >= 0.6 is 11.6 Å². The van der Waals surface area contributed by atoms with Crippen molar-refractivity contribution in [3.05, 3.63) is 71.0 Å². The molecular weight excluding hydrogens is 461 g/mol. The van der Waals surface area contributed by atoms with Crippen molar-refractivity contribution in [3.8, 4) is 5.75 Å². The fourth-order valence-corrected chi connectivity index (χ4v) is 4.40. The number of hydrogen-bond donors (Lipinski definition) is 0. The zero-order valence-electron chi connectivity index (χ0n) is 18.9. The monoisotopic (exact) mass is 485 g/mol. The van der Waals surface area contributed by atoms with Crippen LogP contribution in [0.15, 0.2) is 54.6 Å². The predicted octanol–water partition coefficient (Wildman–Crippen LogP) is 3.41. The molecule has 7 nitrogen and oxygen atoms in total. The van der Waals surface area contributed by atoms with Gasteiger partial charge in [0.2, 0.25) is 0 Å². The quantitative estimate of drug-likeness (QED) is 0.586. The van der Waals surface area contributed by atoms with Crippen molar-refractivity contribution in [1.82, 2.24) is 9.80 Å². The van der Waals surface area contributed by atoms with Gasteiger partial charge in [0.25, 0.3) is 17.7 Å². The third-order valence-electron chi connectivity index (χ3n) is 6.06. The van der Waals surface area contributed by atoms with Gasteiger partial charge < -0.3 is 9.64 Å². The normalized spacial score (nSPS) is 20.8. The molecule has 1 fully saturated rings. The van der Waals surface area contributed by atoms with Crippen molar-refractivity contribution in [2.24, 2.45) is 0 Å². The molecule has 0 radical (unpaired) electrons. The standard InChI is InChI=1S/C25H25ClFN3O4/c1-16-13-29(17(2)12-28(16)14-18-3-6-20(27)7-4-18)25(33)15-34-22-8-5-19(26)11-21(22)30-23(31)9-10-24(30)32/h3-11,16-17H,12-15H2,1-2H3. The van der Waals surface area contributed by atoms with Gasteiger partial charge in [0.1, 0.15) is 11.6 Å². The molecule has 0 spiro atoms. The largest absolute Gasteiger partial charge is 0.482 e. The van der Waals surface area contributed by atoms with Crippen molar-refractivity contribution in [2.75, 3.05) is 24.6 Å². The Morgan fingerprint density at radius 3 is 2.38 bits per heavy atom. The average molecular weight is 486 g/mol. The maximum Gasteiger partial charge on any atom is 0.260 e. The van der Waals surface area contributed by atoms with E-state index in [1.807, 2.05) is 13.8 Å². The zero-order chi connectivity index (χ0) is 24.4. The maximum atomic E-state index is 13.2. The number of benzene rings is 2. The highest BCUT2D eigenvalue weighted by atomic mass is 35.5. The molecule has 178 valence electrons. The van der Waals surface area contributed by atoms with Gasteiger partial charge >= 0.3 is 0 Å². The summed E-state index contributed by atoms with van der Waals surface area (Å²) in [5.41, 5.74) is 1.21. The first-order chi connectivity index (χ1) is 16.2. The van der Waals surface area contributed by atoms with Crippen LogP contribution in [0.2, 0.25) is 5.02 Å². The van der Waals surface area contributed by atoms with E-state index in [0.717, 1.165) is 10.5 Å². The van der Waals surface area contributed by atoms with Crippen LogP contribution < -0.4 is 9.64 Å². The number of carbonyl (C=O) groups excluding carboxylic acids is 3. The highest BCUT2D eigenvalue weighted by Gasteiger charge is 2.33. The number of ether oxygens (including phenoxy) is 1. The fraction of sp³-hybridized carbons (Fsp3) is 0.320. The Morgan fingerprint density at radius 1 is 1.03 bits per heavy atom. The van der Waals surface area contributed by atoms with Gasteiger partial charge in [-0.3, -0.25) is 19.3 Å². The van der Waals surface area contributed by atoms with Gasteiger partial charge in [-0.25, -0.2) is 9.29 Å². The minimum absolute atomic E-state index is 0.0524. The SMILES string of the molecule is CC1CN(C(=O)COc2ccc(Cl)cc2N2C(=O)C=CC2=O)C(C)CN1Cc1ccc(F)cc1. The van der Waals surface area contributed by atoms with Crippen LogP contribution in [0.4, 0.5) is 10.1 Å². The van der Waals surface area contributed by atoms with Crippen LogP contribution in [-0.2, 0) is 20.9 Å². The van der Waals surface area contributed by atoms with E-state index in [0.29, 0.717) is 24.7 Å². The Labute approximate surface area is 202 Å². The number of carbonyl (C=O) groups is 3. The van der Waals surface area contributed by atoms with Crippen LogP contribution in [0, 0.1) is 5.82 Å². The van der Waals surface area contributed by atoms with E-state index >= 15 is 0 Å². The molecule has 34 heavy (non-hydrogen) atoms. The summed E-state index contributed by atoms with van der Waals surface area (Å²) < 4.78 is 19.0. The molecule has 2 aromatic rings. The number of rotatable bonds is 6. The summed E-state index contributed by atoms with van der Waals surface area (Å²) in [7, 11) is 0. The summed E-state index contributed by atoms with van der Waals surface area (Å²) in [4.78, 5) is 42.2. The second kappa shape index (κ2) is 9.95. The molecular formula is C25H25ClFN3O4. The Balaban J connectivity index is 1.40. The number of amides is 3. The molecule has 0 aliphatic carbocycles. The summed E-state index contributed by atoms with van der Waals surface area (Å²) in [6.07, 6.45) is 2.35.